The zero-order valence-electron chi connectivity index (χ0n) is 9.29. The Kier molecular flexibility index (Phi) is 3.07. The van der Waals surface area contributed by atoms with Crippen molar-refractivity contribution in [3.8, 4) is 0 Å². The average Bonchev–Trinajstić information content (AvgIpc) is 2.72. The second kappa shape index (κ2) is 4.49. The summed E-state index contributed by atoms with van der Waals surface area (Å²) in [6.45, 7) is 2.20. The number of benzene rings is 1. The number of hydrogen-bond acceptors (Lipinski definition) is 2. The van der Waals surface area contributed by atoms with Crippen molar-refractivity contribution in [1.82, 2.24) is 5.32 Å². The fraction of sp³-hybridized carbons (Fsp3) is 0.385. The lowest BCUT2D eigenvalue weighted by Crippen LogP contribution is -2.21. The van der Waals surface area contributed by atoms with Crippen molar-refractivity contribution in [1.29, 1.82) is 0 Å². The lowest BCUT2D eigenvalue weighted by molar-refractivity contribution is 0.565. The van der Waals surface area contributed by atoms with Crippen LogP contribution < -0.4 is 5.32 Å². The van der Waals surface area contributed by atoms with Gasteiger partial charge in [0.05, 0.1) is 6.26 Å². The van der Waals surface area contributed by atoms with Crippen LogP contribution in [0.2, 0.25) is 0 Å². The normalized spacial score (nSPS) is 13.2. The van der Waals surface area contributed by atoms with E-state index in [1.54, 1.807) is 6.26 Å². The predicted octanol–water partition coefficient (Wildman–Crippen LogP) is 2.97. The van der Waals surface area contributed by atoms with Gasteiger partial charge in [-0.15, -0.1) is 0 Å². The van der Waals surface area contributed by atoms with Gasteiger partial charge in [-0.1, -0.05) is 6.07 Å². The average molecular weight is 203 g/mol. The van der Waals surface area contributed by atoms with E-state index >= 15 is 0 Å². The lowest BCUT2D eigenvalue weighted by Gasteiger charge is -2.09. The van der Waals surface area contributed by atoms with Crippen LogP contribution in [-0.4, -0.2) is 13.1 Å². The molecule has 1 N–H and O–H groups in total. The van der Waals surface area contributed by atoms with E-state index in [0.717, 1.165) is 12.0 Å². The molecule has 2 rings (SSSR count). The summed E-state index contributed by atoms with van der Waals surface area (Å²) < 4.78 is 5.31. The topological polar surface area (TPSA) is 25.2 Å². The highest BCUT2D eigenvalue weighted by Gasteiger charge is 2.01. The van der Waals surface area contributed by atoms with Crippen molar-refractivity contribution < 1.29 is 4.42 Å². The summed E-state index contributed by atoms with van der Waals surface area (Å²) in [7, 11) is 2.00. The molecule has 1 atom stereocenters. The fourth-order valence-electron chi connectivity index (χ4n) is 1.70. The smallest absolute Gasteiger partial charge is 0.133 e. The van der Waals surface area contributed by atoms with Gasteiger partial charge in [0.2, 0.25) is 0 Å². The van der Waals surface area contributed by atoms with Crippen molar-refractivity contribution in [2.45, 2.75) is 25.8 Å². The van der Waals surface area contributed by atoms with E-state index in [1.165, 1.54) is 17.4 Å². The van der Waals surface area contributed by atoms with Gasteiger partial charge in [-0.2, -0.15) is 0 Å². The molecule has 0 saturated carbocycles. The van der Waals surface area contributed by atoms with E-state index in [2.05, 4.69) is 30.4 Å². The van der Waals surface area contributed by atoms with E-state index < -0.39 is 0 Å². The van der Waals surface area contributed by atoms with Crippen molar-refractivity contribution in [3.63, 3.8) is 0 Å². The number of rotatable bonds is 4. The molecule has 0 fully saturated rings. The molecule has 0 aliphatic heterocycles. The maximum atomic E-state index is 5.31. The molecule has 2 aromatic rings. The maximum absolute atomic E-state index is 5.31. The van der Waals surface area contributed by atoms with Gasteiger partial charge in [-0.05, 0) is 50.6 Å². The molecular weight excluding hydrogens is 186 g/mol. The van der Waals surface area contributed by atoms with Gasteiger partial charge >= 0.3 is 0 Å². The molecule has 0 radical (unpaired) electrons. The molecule has 0 saturated heterocycles. The van der Waals surface area contributed by atoms with Crippen LogP contribution in [0, 0.1) is 0 Å². The standard InChI is InChI=1S/C13H17NO/c1-10(14-2)3-4-11-5-6-13-12(9-11)7-8-15-13/h5-10,14H,3-4H2,1-2H3. The van der Waals surface area contributed by atoms with Crippen LogP contribution in [0.3, 0.4) is 0 Å². The zero-order chi connectivity index (χ0) is 10.7. The Morgan fingerprint density at radius 2 is 2.20 bits per heavy atom. The van der Waals surface area contributed by atoms with E-state index in [-0.39, 0.29) is 0 Å². The first-order valence-electron chi connectivity index (χ1n) is 5.43. The first-order chi connectivity index (χ1) is 7.29. The number of hydrogen-bond donors (Lipinski definition) is 1. The van der Waals surface area contributed by atoms with Gasteiger partial charge in [0.15, 0.2) is 0 Å². The molecule has 0 bridgehead atoms. The van der Waals surface area contributed by atoms with Crippen molar-refractivity contribution in [3.05, 3.63) is 36.1 Å². The Balaban J connectivity index is 2.08. The van der Waals surface area contributed by atoms with Crippen LogP contribution in [0.4, 0.5) is 0 Å². The van der Waals surface area contributed by atoms with Gasteiger partial charge in [-0.3, -0.25) is 0 Å². The Morgan fingerprint density at radius 3 is 3.00 bits per heavy atom. The third-order valence-corrected chi connectivity index (χ3v) is 2.88. The van der Waals surface area contributed by atoms with E-state index in [1.807, 2.05) is 13.1 Å². The lowest BCUT2D eigenvalue weighted by atomic mass is 10.0. The molecule has 80 valence electrons. The van der Waals surface area contributed by atoms with E-state index in [9.17, 15) is 0 Å². The predicted molar refractivity (Wildman–Crippen MR) is 63.1 cm³/mol. The summed E-state index contributed by atoms with van der Waals surface area (Å²) in [4.78, 5) is 0. The molecule has 0 aliphatic rings. The third kappa shape index (κ3) is 2.39. The highest BCUT2D eigenvalue weighted by molar-refractivity contribution is 5.77. The molecule has 1 heterocycles. The van der Waals surface area contributed by atoms with Gasteiger partial charge in [0.25, 0.3) is 0 Å². The summed E-state index contributed by atoms with van der Waals surface area (Å²) in [6.07, 6.45) is 4.02. The number of nitrogens with one attached hydrogen (secondary N) is 1. The molecule has 1 unspecified atom stereocenters. The van der Waals surface area contributed by atoms with E-state index in [0.29, 0.717) is 6.04 Å². The van der Waals surface area contributed by atoms with Crippen LogP contribution in [-0.2, 0) is 6.42 Å². The molecule has 0 aliphatic carbocycles. The molecule has 1 aromatic carbocycles. The Hall–Kier alpha value is -1.28. The van der Waals surface area contributed by atoms with Gasteiger partial charge < -0.3 is 9.73 Å². The number of furan rings is 1. The Bertz CT molecular complexity index is 433. The quantitative estimate of drug-likeness (QED) is 0.826. The van der Waals surface area contributed by atoms with Crippen LogP contribution in [0.1, 0.15) is 18.9 Å². The highest BCUT2D eigenvalue weighted by atomic mass is 16.3. The number of fused-ring (bicyclic) bond motifs is 1. The van der Waals surface area contributed by atoms with Gasteiger partial charge in [0, 0.05) is 11.4 Å². The van der Waals surface area contributed by atoms with Crippen molar-refractivity contribution in [2.24, 2.45) is 0 Å². The minimum absolute atomic E-state index is 0.574. The summed E-state index contributed by atoms with van der Waals surface area (Å²) in [5, 5.41) is 4.45. The largest absolute Gasteiger partial charge is 0.464 e. The summed E-state index contributed by atoms with van der Waals surface area (Å²) in [5.74, 6) is 0. The maximum Gasteiger partial charge on any atom is 0.133 e. The minimum atomic E-state index is 0.574. The van der Waals surface area contributed by atoms with E-state index in [4.69, 9.17) is 4.42 Å². The van der Waals surface area contributed by atoms with Crippen LogP contribution in [0.15, 0.2) is 34.9 Å². The molecule has 1 aromatic heterocycles. The molecule has 15 heavy (non-hydrogen) atoms. The monoisotopic (exact) mass is 203 g/mol. The van der Waals surface area contributed by atoms with Crippen LogP contribution in [0.5, 0.6) is 0 Å². The Labute approximate surface area is 90.3 Å². The highest BCUT2D eigenvalue weighted by Crippen LogP contribution is 2.18. The van der Waals surface area contributed by atoms with Gasteiger partial charge in [-0.25, -0.2) is 0 Å². The second-order valence-electron chi connectivity index (χ2n) is 4.02. The molecular formula is C13H17NO. The van der Waals surface area contributed by atoms with Gasteiger partial charge in [0.1, 0.15) is 5.58 Å². The van der Waals surface area contributed by atoms with Crippen molar-refractivity contribution in [2.75, 3.05) is 7.05 Å². The fourth-order valence-corrected chi connectivity index (χ4v) is 1.70. The zero-order valence-corrected chi connectivity index (χ0v) is 9.29. The summed E-state index contributed by atoms with van der Waals surface area (Å²) >= 11 is 0. The molecule has 0 amide bonds. The summed E-state index contributed by atoms with van der Waals surface area (Å²) in [5.41, 5.74) is 2.35. The molecule has 0 spiro atoms. The first-order valence-corrected chi connectivity index (χ1v) is 5.43. The number of aryl methyl sites for hydroxylation is 1. The SMILES string of the molecule is CNC(C)CCc1ccc2occc2c1. The van der Waals surface area contributed by atoms with Crippen LogP contribution >= 0.6 is 0 Å². The first kappa shape index (κ1) is 10.2. The van der Waals surface area contributed by atoms with Crippen LogP contribution in [0.25, 0.3) is 11.0 Å². The minimum Gasteiger partial charge on any atom is -0.464 e. The third-order valence-electron chi connectivity index (χ3n) is 2.88. The second-order valence-corrected chi connectivity index (χ2v) is 4.02. The molecule has 2 nitrogen and oxygen atoms in total. The van der Waals surface area contributed by atoms with Crippen molar-refractivity contribution >= 4 is 11.0 Å². The summed E-state index contributed by atoms with van der Waals surface area (Å²) in [6, 6.07) is 9.00. The Morgan fingerprint density at radius 1 is 1.33 bits per heavy atom. The molecule has 2 heteroatoms.